The van der Waals surface area contributed by atoms with E-state index in [1.165, 1.54) is 0 Å². The van der Waals surface area contributed by atoms with E-state index in [2.05, 4.69) is 36.8 Å². The van der Waals surface area contributed by atoms with Crippen LogP contribution >= 0.6 is 11.8 Å². The molecule has 0 aliphatic rings. The molecule has 0 aliphatic carbocycles. The van der Waals surface area contributed by atoms with Gasteiger partial charge in [-0.3, -0.25) is 4.79 Å². The summed E-state index contributed by atoms with van der Waals surface area (Å²) in [4.78, 5) is 35.4. The molecule has 0 aromatic heterocycles. The number of hydrogen-bond donors (Lipinski definition) is 0. The van der Waals surface area contributed by atoms with Gasteiger partial charge in [0.15, 0.2) is 0 Å². The Morgan fingerprint density at radius 3 is 1.71 bits per heavy atom. The summed E-state index contributed by atoms with van der Waals surface area (Å²) in [5.41, 5.74) is 2.10. The molecule has 0 N–H and O–H groups in total. The molecule has 212 valence electrons. The Kier molecular flexibility index (Phi) is 13.1. The van der Waals surface area contributed by atoms with Crippen molar-refractivity contribution in [2.75, 3.05) is 26.4 Å². The number of thioether (sulfide) groups is 1. The highest BCUT2D eigenvalue weighted by Gasteiger charge is 2.08. The highest BCUT2D eigenvalue weighted by atomic mass is 32.2. The highest BCUT2D eigenvalue weighted by Crippen LogP contribution is 2.25. The maximum atomic E-state index is 12.7. The maximum Gasteiger partial charge on any atom is 0.330 e. The minimum atomic E-state index is -0.497. The largest absolute Gasteiger partial charge is 0.493 e. The molecule has 0 saturated carbocycles. The van der Waals surface area contributed by atoms with Gasteiger partial charge in [0.1, 0.15) is 24.7 Å². The van der Waals surface area contributed by atoms with Crippen LogP contribution < -0.4 is 9.47 Å². The number of carbonyl (C=O) groups is 3. The molecular formula is C34H28O7S. The molecule has 0 aliphatic heterocycles. The van der Waals surface area contributed by atoms with Gasteiger partial charge in [-0.05, 0) is 96.4 Å². The zero-order chi connectivity index (χ0) is 30.0. The monoisotopic (exact) mass is 580 g/mol. The predicted molar refractivity (Wildman–Crippen MR) is 161 cm³/mol. The smallest absolute Gasteiger partial charge is 0.330 e. The third-order valence-corrected chi connectivity index (χ3v) is 6.15. The number of carbonyl (C=O) groups excluding carboxylic acids is 3. The average molecular weight is 581 g/mol. The molecule has 3 rings (SSSR count). The van der Waals surface area contributed by atoms with Crippen LogP contribution in [0.2, 0.25) is 0 Å². The Hall–Kier alpha value is -5.18. The van der Waals surface area contributed by atoms with Crippen LogP contribution in [-0.4, -0.2) is 43.5 Å². The van der Waals surface area contributed by atoms with Crippen LogP contribution in [0.3, 0.4) is 0 Å². The van der Waals surface area contributed by atoms with Crippen LogP contribution in [0, 0.1) is 23.7 Å². The van der Waals surface area contributed by atoms with Gasteiger partial charge in [0, 0.05) is 40.2 Å². The first-order valence-electron chi connectivity index (χ1n) is 12.8. The molecule has 42 heavy (non-hydrogen) atoms. The molecule has 8 heteroatoms. The van der Waals surface area contributed by atoms with Gasteiger partial charge in [-0.15, -0.1) is 0 Å². The Morgan fingerprint density at radius 1 is 0.643 bits per heavy atom. The van der Waals surface area contributed by atoms with Crippen molar-refractivity contribution in [1.29, 1.82) is 0 Å². The standard InChI is InChI=1S/C34H28O7S/c1-3-32(35)40-23-7-22-38-29-16-12-27(13-17-29)9-6-5-8-26-10-14-28(15-11-26)34(37)42-31-20-18-30(19-21-31)39-24-25-41-33(36)4-2/h3-4,10-21H,1-2,7,22-25H2. The molecule has 0 fully saturated rings. The molecule has 7 nitrogen and oxygen atoms in total. The fourth-order valence-corrected chi connectivity index (χ4v) is 3.88. The second-order valence-electron chi connectivity index (χ2n) is 8.26. The lowest BCUT2D eigenvalue weighted by Gasteiger charge is -2.07. The topological polar surface area (TPSA) is 88.1 Å². The van der Waals surface area contributed by atoms with Gasteiger partial charge >= 0.3 is 11.9 Å². The second-order valence-corrected chi connectivity index (χ2v) is 9.30. The van der Waals surface area contributed by atoms with Crippen LogP contribution in [0.4, 0.5) is 0 Å². The fraction of sp³-hybridized carbons (Fsp3) is 0.147. The third kappa shape index (κ3) is 11.5. The van der Waals surface area contributed by atoms with E-state index in [1.54, 1.807) is 48.5 Å². The zero-order valence-electron chi connectivity index (χ0n) is 22.8. The summed E-state index contributed by atoms with van der Waals surface area (Å²) >= 11 is 1.11. The number of ether oxygens (including phenoxy) is 4. The number of rotatable bonds is 13. The predicted octanol–water partition coefficient (Wildman–Crippen LogP) is 5.63. The normalized spacial score (nSPS) is 9.62. The van der Waals surface area contributed by atoms with E-state index in [0.717, 1.165) is 39.9 Å². The van der Waals surface area contributed by atoms with E-state index in [-0.39, 0.29) is 24.9 Å². The SMILES string of the molecule is C=CC(=O)OCCCOc1ccc(C#CC#Cc2ccc(C(=O)Sc3ccc(OCCOC(=O)C=C)cc3)cc2)cc1. The van der Waals surface area contributed by atoms with E-state index in [0.29, 0.717) is 30.1 Å². The lowest BCUT2D eigenvalue weighted by Crippen LogP contribution is -2.10. The first kappa shape index (κ1) is 31.3. The summed E-state index contributed by atoms with van der Waals surface area (Å²) < 4.78 is 20.9. The average Bonchev–Trinajstić information content (AvgIpc) is 3.02. The molecule has 0 bridgehead atoms. The van der Waals surface area contributed by atoms with E-state index in [4.69, 9.17) is 18.9 Å². The second kappa shape index (κ2) is 17.5. The lowest BCUT2D eigenvalue weighted by molar-refractivity contribution is -0.139. The summed E-state index contributed by atoms with van der Waals surface area (Å²) in [6, 6.07) is 21.4. The molecule has 3 aromatic rings. The molecule has 0 unspecified atom stereocenters. The van der Waals surface area contributed by atoms with Crippen molar-refractivity contribution < 1.29 is 33.3 Å². The van der Waals surface area contributed by atoms with Crippen LogP contribution in [0.15, 0.2) is 103 Å². The van der Waals surface area contributed by atoms with Crippen LogP contribution in [0.25, 0.3) is 0 Å². The van der Waals surface area contributed by atoms with Crippen LogP contribution in [0.5, 0.6) is 11.5 Å². The Morgan fingerprint density at radius 2 is 1.14 bits per heavy atom. The van der Waals surface area contributed by atoms with Gasteiger partial charge < -0.3 is 18.9 Å². The number of esters is 2. The van der Waals surface area contributed by atoms with E-state index >= 15 is 0 Å². The fourth-order valence-electron chi connectivity index (χ4n) is 3.14. The quantitative estimate of drug-likeness (QED) is 0.0846. The Balaban J connectivity index is 1.42. The van der Waals surface area contributed by atoms with E-state index in [9.17, 15) is 14.4 Å². The Labute approximate surface area is 249 Å². The molecule has 0 saturated heterocycles. The number of hydrogen-bond acceptors (Lipinski definition) is 8. The van der Waals surface area contributed by atoms with Crippen LogP contribution in [0.1, 0.15) is 27.9 Å². The van der Waals surface area contributed by atoms with Crippen molar-refractivity contribution >= 4 is 28.8 Å². The Bertz CT molecular complexity index is 1500. The van der Waals surface area contributed by atoms with Gasteiger partial charge in [0.25, 0.3) is 0 Å². The first-order valence-corrected chi connectivity index (χ1v) is 13.7. The summed E-state index contributed by atoms with van der Waals surface area (Å²) in [6.07, 6.45) is 2.80. The first-order chi connectivity index (χ1) is 20.5. The summed E-state index contributed by atoms with van der Waals surface area (Å²) in [5.74, 6) is 12.0. The van der Waals surface area contributed by atoms with E-state index < -0.39 is 11.9 Å². The van der Waals surface area contributed by atoms with Gasteiger partial charge in [-0.2, -0.15) is 0 Å². The van der Waals surface area contributed by atoms with Gasteiger partial charge in [-0.25, -0.2) is 9.59 Å². The van der Waals surface area contributed by atoms with Crippen molar-refractivity contribution in [2.45, 2.75) is 11.3 Å². The lowest BCUT2D eigenvalue weighted by atomic mass is 10.1. The molecular weight excluding hydrogens is 552 g/mol. The van der Waals surface area contributed by atoms with Crippen molar-refractivity contribution in [3.63, 3.8) is 0 Å². The van der Waals surface area contributed by atoms with E-state index in [1.807, 2.05) is 24.3 Å². The van der Waals surface area contributed by atoms with Crippen molar-refractivity contribution in [3.8, 4) is 35.2 Å². The van der Waals surface area contributed by atoms with Crippen molar-refractivity contribution in [2.24, 2.45) is 0 Å². The summed E-state index contributed by atoms with van der Waals surface area (Å²) in [5, 5.41) is -0.0946. The van der Waals surface area contributed by atoms with Gasteiger partial charge in [0.05, 0.1) is 13.2 Å². The number of benzene rings is 3. The van der Waals surface area contributed by atoms with Gasteiger partial charge in [0.2, 0.25) is 5.12 Å². The maximum absolute atomic E-state index is 12.7. The third-order valence-electron chi connectivity index (χ3n) is 5.22. The molecule has 0 amide bonds. The molecule has 0 atom stereocenters. The summed E-state index contributed by atoms with van der Waals surface area (Å²) in [7, 11) is 0. The van der Waals surface area contributed by atoms with Crippen molar-refractivity contribution in [3.05, 3.63) is 115 Å². The highest BCUT2D eigenvalue weighted by molar-refractivity contribution is 8.14. The molecule has 0 spiro atoms. The zero-order valence-corrected chi connectivity index (χ0v) is 23.6. The van der Waals surface area contributed by atoms with Crippen LogP contribution in [-0.2, 0) is 19.1 Å². The molecule has 3 aromatic carbocycles. The van der Waals surface area contributed by atoms with Crippen molar-refractivity contribution in [1.82, 2.24) is 0 Å². The molecule has 0 heterocycles. The minimum absolute atomic E-state index is 0.0946. The van der Waals surface area contributed by atoms with Gasteiger partial charge in [-0.1, -0.05) is 25.0 Å². The minimum Gasteiger partial charge on any atom is -0.493 e. The molecule has 0 radical (unpaired) electrons. The summed E-state index contributed by atoms with van der Waals surface area (Å²) in [6.45, 7) is 7.71.